The van der Waals surface area contributed by atoms with Crippen LogP contribution >= 0.6 is 15.9 Å². The van der Waals surface area contributed by atoms with Gasteiger partial charge in [0, 0.05) is 23.6 Å². The maximum absolute atomic E-state index is 13.3. The van der Waals surface area contributed by atoms with Crippen LogP contribution in [0.4, 0.5) is 4.39 Å². The largest absolute Gasteiger partial charge is 0.337 e. The first-order valence-corrected chi connectivity index (χ1v) is 9.75. The quantitative estimate of drug-likeness (QED) is 0.416. The van der Waals surface area contributed by atoms with E-state index in [9.17, 15) is 9.18 Å². The number of carbonyl (C=O) groups is 1. The van der Waals surface area contributed by atoms with Crippen LogP contribution in [-0.4, -0.2) is 28.0 Å². The summed E-state index contributed by atoms with van der Waals surface area (Å²) in [6.07, 6.45) is 0. The molecule has 1 amide bonds. The second-order valence-corrected chi connectivity index (χ2v) is 7.62. The first-order chi connectivity index (χ1) is 13.9. The van der Waals surface area contributed by atoms with Crippen LogP contribution in [0.1, 0.15) is 21.6 Å². The zero-order valence-electron chi connectivity index (χ0n) is 15.8. The van der Waals surface area contributed by atoms with Gasteiger partial charge in [-0.1, -0.05) is 39.3 Å². The number of carbonyl (C=O) groups excluding carboxylic acids is 1. The van der Waals surface area contributed by atoms with E-state index in [0.29, 0.717) is 34.4 Å². The molecule has 0 atom stereocenters. The van der Waals surface area contributed by atoms with Crippen molar-refractivity contribution in [2.24, 2.45) is 0 Å². The molecule has 0 aliphatic rings. The normalized spacial score (nSPS) is 11.0. The van der Waals surface area contributed by atoms with Crippen molar-refractivity contribution in [3.8, 4) is 11.3 Å². The van der Waals surface area contributed by atoms with Crippen LogP contribution in [0.25, 0.3) is 22.4 Å². The Balaban J connectivity index is 1.77. The zero-order chi connectivity index (χ0) is 20.5. The van der Waals surface area contributed by atoms with Crippen molar-refractivity contribution in [1.29, 1.82) is 0 Å². The van der Waals surface area contributed by atoms with Gasteiger partial charge in [-0.15, -0.1) is 0 Å². The molecule has 0 saturated heterocycles. The van der Waals surface area contributed by atoms with E-state index in [4.69, 9.17) is 4.52 Å². The molecule has 0 aliphatic heterocycles. The molecule has 2 heterocycles. The van der Waals surface area contributed by atoms with Gasteiger partial charge in [0.15, 0.2) is 0 Å². The lowest BCUT2D eigenvalue weighted by Gasteiger charge is -2.19. The van der Waals surface area contributed by atoms with Crippen LogP contribution in [0.5, 0.6) is 0 Å². The average Bonchev–Trinajstić information content (AvgIpc) is 3.10. The summed E-state index contributed by atoms with van der Waals surface area (Å²) in [5.74, 6) is -0.516. The van der Waals surface area contributed by atoms with Crippen molar-refractivity contribution < 1.29 is 13.7 Å². The molecule has 2 aromatic carbocycles. The highest BCUT2D eigenvalue weighted by Crippen LogP contribution is 2.28. The van der Waals surface area contributed by atoms with Crippen molar-refractivity contribution in [3.63, 3.8) is 0 Å². The fraction of sp³-hybridized carbons (Fsp3) is 0.136. The van der Waals surface area contributed by atoms with Crippen LogP contribution in [-0.2, 0) is 6.54 Å². The number of amides is 1. The highest BCUT2D eigenvalue weighted by molar-refractivity contribution is 9.10. The first-order valence-electron chi connectivity index (χ1n) is 8.96. The molecule has 7 heteroatoms. The van der Waals surface area contributed by atoms with Crippen molar-refractivity contribution in [1.82, 2.24) is 15.0 Å². The number of halogens is 2. The van der Waals surface area contributed by atoms with Gasteiger partial charge >= 0.3 is 0 Å². The van der Waals surface area contributed by atoms with Crippen LogP contribution in [0, 0.1) is 12.7 Å². The molecule has 146 valence electrons. The van der Waals surface area contributed by atoms with E-state index < -0.39 is 0 Å². The lowest BCUT2D eigenvalue weighted by Crippen LogP contribution is -2.26. The monoisotopic (exact) mass is 453 g/mol. The van der Waals surface area contributed by atoms with Gasteiger partial charge in [0.25, 0.3) is 11.6 Å². The van der Waals surface area contributed by atoms with Gasteiger partial charge in [-0.3, -0.25) is 4.79 Å². The summed E-state index contributed by atoms with van der Waals surface area (Å²) in [7, 11) is 1.74. The molecule has 0 fully saturated rings. The minimum Gasteiger partial charge on any atom is -0.337 e. The van der Waals surface area contributed by atoms with E-state index in [2.05, 4.69) is 26.1 Å². The fourth-order valence-corrected chi connectivity index (χ4v) is 3.60. The van der Waals surface area contributed by atoms with E-state index in [1.165, 1.54) is 12.1 Å². The third kappa shape index (κ3) is 3.78. The molecule has 4 rings (SSSR count). The Morgan fingerprint density at radius 2 is 1.90 bits per heavy atom. The number of benzene rings is 2. The van der Waals surface area contributed by atoms with Crippen molar-refractivity contribution in [2.45, 2.75) is 13.5 Å². The number of rotatable bonds is 4. The number of hydrogen-bond donors (Lipinski definition) is 0. The maximum Gasteiger partial charge on any atom is 0.259 e. The van der Waals surface area contributed by atoms with Gasteiger partial charge < -0.3 is 9.42 Å². The maximum atomic E-state index is 13.3. The number of aromatic nitrogens is 2. The summed E-state index contributed by atoms with van der Waals surface area (Å²) in [6, 6.07) is 15.4. The minimum atomic E-state index is -0.338. The van der Waals surface area contributed by atoms with Gasteiger partial charge in [-0.05, 0) is 48.9 Å². The van der Waals surface area contributed by atoms with Gasteiger partial charge in [-0.25, -0.2) is 9.37 Å². The third-order valence-corrected chi connectivity index (χ3v) is 5.47. The molecule has 5 nitrogen and oxygen atoms in total. The summed E-state index contributed by atoms with van der Waals surface area (Å²) >= 11 is 3.52. The zero-order valence-corrected chi connectivity index (χ0v) is 17.4. The molecule has 29 heavy (non-hydrogen) atoms. The topological polar surface area (TPSA) is 59.2 Å². The summed E-state index contributed by atoms with van der Waals surface area (Å²) in [4.78, 5) is 19.4. The molecule has 0 saturated carbocycles. The van der Waals surface area contributed by atoms with E-state index in [-0.39, 0.29) is 17.4 Å². The number of nitrogens with zero attached hydrogens (tertiary/aromatic N) is 3. The predicted molar refractivity (Wildman–Crippen MR) is 112 cm³/mol. The van der Waals surface area contributed by atoms with E-state index >= 15 is 0 Å². The molecule has 0 spiro atoms. The second-order valence-electron chi connectivity index (χ2n) is 6.76. The Labute approximate surface area is 175 Å². The van der Waals surface area contributed by atoms with Crippen LogP contribution in [0.3, 0.4) is 0 Å². The Bertz CT molecular complexity index is 1200. The number of pyridine rings is 1. The van der Waals surface area contributed by atoms with Crippen LogP contribution in [0.2, 0.25) is 0 Å². The van der Waals surface area contributed by atoms with Crippen LogP contribution in [0.15, 0.2) is 63.6 Å². The second kappa shape index (κ2) is 7.75. The standard InChI is InChI=1S/C22H17BrFN3O2/c1-13-20-17(22(28)27(2)12-15-5-3-4-6-18(15)23)11-19(25-21(20)29-26-13)14-7-9-16(24)10-8-14/h3-11H,12H2,1-2H3. The molecule has 0 radical (unpaired) electrons. The molecule has 0 aliphatic carbocycles. The van der Waals surface area contributed by atoms with E-state index in [0.717, 1.165) is 10.0 Å². The Hall–Kier alpha value is -3.06. The summed E-state index contributed by atoms with van der Waals surface area (Å²) in [5, 5.41) is 4.55. The summed E-state index contributed by atoms with van der Waals surface area (Å²) in [5.41, 5.74) is 3.52. The number of fused-ring (bicyclic) bond motifs is 1. The molecule has 2 aromatic heterocycles. The summed E-state index contributed by atoms with van der Waals surface area (Å²) in [6.45, 7) is 2.20. The first kappa shape index (κ1) is 19.3. The molecule has 0 bridgehead atoms. The van der Waals surface area contributed by atoms with Gasteiger partial charge in [0.1, 0.15) is 5.82 Å². The van der Waals surface area contributed by atoms with Gasteiger partial charge in [0.2, 0.25) is 0 Å². The lowest BCUT2D eigenvalue weighted by atomic mass is 10.0. The Morgan fingerprint density at radius 1 is 1.17 bits per heavy atom. The molecule has 4 aromatic rings. The van der Waals surface area contributed by atoms with Crippen LogP contribution < -0.4 is 0 Å². The highest BCUT2D eigenvalue weighted by atomic mass is 79.9. The molecular formula is C22H17BrFN3O2. The van der Waals surface area contributed by atoms with Gasteiger partial charge in [-0.2, -0.15) is 0 Å². The Morgan fingerprint density at radius 3 is 2.62 bits per heavy atom. The Kier molecular flexibility index (Phi) is 5.15. The third-order valence-electron chi connectivity index (χ3n) is 4.70. The highest BCUT2D eigenvalue weighted by Gasteiger charge is 2.22. The number of hydrogen-bond acceptors (Lipinski definition) is 4. The van der Waals surface area contributed by atoms with E-state index in [1.54, 1.807) is 37.1 Å². The summed E-state index contributed by atoms with van der Waals surface area (Å²) < 4.78 is 19.6. The molecule has 0 N–H and O–H groups in total. The molecule has 0 unspecified atom stereocenters. The lowest BCUT2D eigenvalue weighted by molar-refractivity contribution is 0.0786. The van der Waals surface area contributed by atoms with Gasteiger partial charge in [0.05, 0.1) is 22.3 Å². The number of aryl methyl sites for hydroxylation is 1. The molecular weight excluding hydrogens is 437 g/mol. The van der Waals surface area contributed by atoms with Crippen molar-refractivity contribution in [2.75, 3.05) is 7.05 Å². The predicted octanol–water partition coefficient (Wildman–Crippen LogP) is 5.37. The SMILES string of the molecule is Cc1noc2nc(-c3ccc(F)cc3)cc(C(=O)N(C)Cc3ccccc3Br)c12. The van der Waals surface area contributed by atoms with Crippen molar-refractivity contribution >= 4 is 32.9 Å². The van der Waals surface area contributed by atoms with E-state index in [1.807, 2.05) is 24.3 Å². The van der Waals surface area contributed by atoms with Crippen molar-refractivity contribution in [3.05, 3.63) is 81.7 Å². The smallest absolute Gasteiger partial charge is 0.259 e. The average molecular weight is 454 g/mol. The fourth-order valence-electron chi connectivity index (χ4n) is 3.19. The minimum absolute atomic E-state index is 0.178.